The lowest BCUT2D eigenvalue weighted by Gasteiger charge is -2.36. The molecule has 1 N–H and O–H groups in total. The number of anilines is 1. The summed E-state index contributed by atoms with van der Waals surface area (Å²) in [6.45, 7) is 4.74. The first-order valence-electron chi connectivity index (χ1n) is 9.19. The molecule has 1 atom stereocenters. The number of nitrogens with zero attached hydrogens (tertiary/aromatic N) is 4. The van der Waals surface area contributed by atoms with Gasteiger partial charge in [0.05, 0.1) is 6.10 Å². The topological polar surface area (TPSA) is 84.4 Å². The fourth-order valence-electron chi connectivity index (χ4n) is 3.68. The summed E-state index contributed by atoms with van der Waals surface area (Å²) in [6.07, 6.45) is 0.162. The molecule has 0 bridgehead atoms. The molecule has 27 heavy (non-hydrogen) atoms. The van der Waals surface area contributed by atoms with E-state index in [4.69, 9.17) is 0 Å². The van der Waals surface area contributed by atoms with Crippen LogP contribution in [0.4, 0.5) is 5.69 Å². The predicted molar refractivity (Wildman–Crippen MR) is 104 cm³/mol. The van der Waals surface area contributed by atoms with Crippen molar-refractivity contribution in [2.45, 2.75) is 19.4 Å². The summed E-state index contributed by atoms with van der Waals surface area (Å²) in [5.74, 6) is 0.0348. The van der Waals surface area contributed by atoms with Crippen molar-refractivity contribution in [3.05, 3.63) is 29.3 Å². The Hall–Kier alpha value is -1.52. The molecule has 2 aliphatic rings. The lowest BCUT2D eigenvalue weighted by atomic mass is 10.0. The van der Waals surface area contributed by atoms with Crippen molar-refractivity contribution in [3.63, 3.8) is 0 Å². The Balaban J connectivity index is 1.59. The quantitative estimate of drug-likeness (QED) is 0.761. The van der Waals surface area contributed by atoms with Gasteiger partial charge in [-0.15, -0.1) is 0 Å². The van der Waals surface area contributed by atoms with E-state index in [-0.39, 0.29) is 5.91 Å². The minimum atomic E-state index is -3.38. The van der Waals surface area contributed by atoms with E-state index in [1.165, 1.54) is 22.7 Å². The summed E-state index contributed by atoms with van der Waals surface area (Å²) >= 11 is 0. The number of hydrogen-bond donors (Lipinski definition) is 1. The molecule has 1 saturated heterocycles. The highest BCUT2D eigenvalue weighted by Crippen LogP contribution is 2.31. The zero-order valence-electron chi connectivity index (χ0n) is 16.1. The van der Waals surface area contributed by atoms with Crippen LogP contribution in [-0.4, -0.2) is 86.3 Å². The second kappa shape index (κ2) is 7.84. The average Bonchev–Trinajstić information content (AvgIpc) is 3.05. The Kier molecular flexibility index (Phi) is 5.87. The van der Waals surface area contributed by atoms with Crippen molar-refractivity contribution in [1.82, 2.24) is 13.5 Å². The van der Waals surface area contributed by atoms with Crippen molar-refractivity contribution < 1.29 is 18.3 Å². The number of aliphatic hydroxyl groups excluding tert-OH is 1. The van der Waals surface area contributed by atoms with Crippen LogP contribution < -0.4 is 4.90 Å². The molecule has 2 heterocycles. The smallest absolute Gasteiger partial charge is 0.281 e. The predicted octanol–water partition coefficient (Wildman–Crippen LogP) is 0.0530. The lowest BCUT2D eigenvalue weighted by Crippen LogP contribution is -2.52. The molecule has 1 amide bonds. The number of hydrogen-bond acceptors (Lipinski definition) is 5. The SMILES string of the molecule is CC(=O)N1CCc2cc(C(O)CN3CCN(S(=O)(=O)N(C)C)CC3)ccc21. The van der Waals surface area contributed by atoms with Crippen LogP contribution in [0.1, 0.15) is 24.2 Å². The molecule has 0 radical (unpaired) electrons. The Morgan fingerprint density at radius 1 is 1.19 bits per heavy atom. The number of amides is 1. The summed E-state index contributed by atoms with van der Waals surface area (Å²) in [4.78, 5) is 15.5. The molecule has 0 spiro atoms. The summed E-state index contributed by atoms with van der Waals surface area (Å²) < 4.78 is 27.1. The molecule has 2 aliphatic heterocycles. The fraction of sp³-hybridized carbons (Fsp3) is 0.611. The zero-order chi connectivity index (χ0) is 19.8. The van der Waals surface area contributed by atoms with E-state index < -0.39 is 16.3 Å². The summed E-state index contributed by atoms with van der Waals surface area (Å²) in [6, 6.07) is 5.76. The largest absolute Gasteiger partial charge is 0.387 e. The maximum Gasteiger partial charge on any atom is 0.281 e. The molecule has 0 saturated carbocycles. The molecular weight excluding hydrogens is 368 g/mol. The summed E-state index contributed by atoms with van der Waals surface area (Å²) in [5.41, 5.74) is 2.85. The highest BCUT2D eigenvalue weighted by Gasteiger charge is 2.29. The molecule has 0 aliphatic carbocycles. The van der Waals surface area contributed by atoms with Gasteiger partial charge in [0.1, 0.15) is 0 Å². The second-order valence-corrected chi connectivity index (χ2v) is 9.46. The third-order valence-electron chi connectivity index (χ3n) is 5.31. The Morgan fingerprint density at radius 3 is 2.44 bits per heavy atom. The van der Waals surface area contributed by atoms with Crippen molar-refractivity contribution >= 4 is 21.8 Å². The van der Waals surface area contributed by atoms with Crippen molar-refractivity contribution in [2.75, 3.05) is 58.3 Å². The van der Waals surface area contributed by atoms with Gasteiger partial charge in [0, 0.05) is 66.0 Å². The average molecular weight is 397 g/mol. The van der Waals surface area contributed by atoms with E-state index in [0.29, 0.717) is 39.3 Å². The number of carbonyl (C=O) groups excluding carboxylic acids is 1. The van der Waals surface area contributed by atoms with Crippen molar-refractivity contribution in [1.29, 1.82) is 0 Å². The van der Waals surface area contributed by atoms with Crippen LogP contribution in [0.15, 0.2) is 18.2 Å². The number of carbonyl (C=O) groups is 1. The van der Waals surface area contributed by atoms with Crippen LogP contribution in [-0.2, 0) is 21.4 Å². The van der Waals surface area contributed by atoms with Crippen molar-refractivity contribution in [2.24, 2.45) is 0 Å². The highest BCUT2D eigenvalue weighted by atomic mass is 32.2. The number of piperazine rings is 1. The van der Waals surface area contributed by atoms with Crippen LogP contribution in [0, 0.1) is 0 Å². The van der Waals surface area contributed by atoms with Gasteiger partial charge in [0.15, 0.2) is 0 Å². The first kappa shape index (κ1) is 20.2. The summed E-state index contributed by atoms with van der Waals surface area (Å²) in [7, 11) is -0.309. The summed E-state index contributed by atoms with van der Waals surface area (Å²) in [5, 5.41) is 10.6. The standard InChI is InChI=1S/C18H28N4O4S/c1-14(23)22-7-6-15-12-16(4-5-17(15)22)18(24)13-20-8-10-21(11-9-20)27(25,26)19(2)3/h4-5,12,18,24H,6-11,13H2,1-3H3. The van der Waals surface area contributed by atoms with Crippen LogP contribution in [0.5, 0.6) is 0 Å². The minimum absolute atomic E-state index is 0.0348. The van der Waals surface area contributed by atoms with Gasteiger partial charge in [-0.3, -0.25) is 9.69 Å². The van der Waals surface area contributed by atoms with Crippen LogP contribution in [0.25, 0.3) is 0 Å². The third kappa shape index (κ3) is 4.17. The maximum atomic E-state index is 12.2. The normalized spacial score (nSPS) is 20.1. The highest BCUT2D eigenvalue weighted by molar-refractivity contribution is 7.86. The number of benzene rings is 1. The molecule has 9 heteroatoms. The van der Waals surface area contributed by atoms with E-state index in [1.807, 2.05) is 18.2 Å². The number of rotatable bonds is 5. The Bertz CT molecular complexity index is 804. The first-order chi connectivity index (χ1) is 12.7. The van der Waals surface area contributed by atoms with Crippen LogP contribution in [0.3, 0.4) is 0 Å². The number of aliphatic hydroxyl groups is 1. The van der Waals surface area contributed by atoms with Gasteiger partial charge in [0.2, 0.25) is 5.91 Å². The molecule has 150 valence electrons. The first-order valence-corrected chi connectivity index (χ1v) is 10.6. The third-order valence-corrected chi connectivity index (χ3v) is 7.25. The molecule has 1 aromatic rings. The Labute approximate surface area is 161 Å². The Morgan fingerprint density at radius 2 is 1.85 bits per heavy atom. The van der Waals surface area contributed by atoms with E-state index >= 15 is 0 Å². The molecule has 1 unspecified atom stereocenters. The minimum Gasteiger partial charge on any atom is -0.387 e. The fourth-order valence-corrected chi connectivity index (χ4v) is 4.77. The van der Waals surface area contributed by atoms with E-state index in [9.17, 15) is 18.3 Å². The van der Waals surface area contributed by atoms with Crippen molar-refractivity contribution in [3.8, 4) is 0 Å². The van der Waals surface area contributed by atoms with Gasteiger partial charge in [0.25, 0.3) is 10.2 Å². The van der Waals surface area contributed by atoms with Gasteiger partial charge in [-0.25, -0.2) is 0 Å². The van der Waals surface area contributed by atoms with E-state index in [0.717, 1.165) is 23.2 Å². The molecule has 1 aromatic carbocycles. The van der Waals surface area contributed by atoms with Gasteiger partial charge in [-0.2, -0.15) is 17.0 Å². The van der Waals surface area contributed by atoms with Gasteiger partial charge >= 0.3 is 0 Å². The molecule has 1 fully saturated rings. The molecule has 8 nitrogen and oxygen atoms in total. The zero-order valence-corrected chi connectivity index (χ0v) is 16.9. The second-order valence-electron chi connectivity index (χ2n) is 7.31. The van der Waals surface area contributed by atoms with Gasteiger partial charge in [-0.05, 0) is 23.6 Å². The van der Waals surface area contributed by atoms with Crippen LogP contribution in [0.2, 0.25) is 0 Å². The lowest BCUT2D eigenvalue weighted by molar-refractivity contribution is -0.116. The monoisotopic (exact) mass is 396 g/mol. The molecule has 0 aromatic heterocycles. The molecular formula is C18H28N4O4S. The molecule has 3 rings (SSSR count). The van der Waals surface area contributed by atoms with Crippen LogP contribution >= 0.6 is 0 Å². The van der Waals surface area contributed by atoms with E-state index in [2.05, 4.69) is 4.90 Å². The number of β-amino-alcohol motifs (C(OH)–C–C–N with tert-alkyl or cyclic N) is 1. The van der Waals surface area contributed by atoms with E-state index in [1.54, 1.807) is 11.8 Å². The number of fused-ring (bicyclic) bond motifs is 1. The van der Waals surface area contributed by atoms with Gasteiger partial charge in [-0.1, -0.05) is 12.1 Å². The maximum absolute atomic E-state index is 12.2. The van der Waals surface area contributed by atoms with Gasteiger partial charge < -0.3 is 10.0 Å².